The molecule has 0 heterocycles. The normalized spacial score (nSPS) is 11.3. The molecule has 0 spiro atoms. The van der Waals surface area contributed by atoms with Crippen LogP contribution in [0.4, 0.5) is 10.1 Å². The average molecular weight is 529 g/mol. The molecule has 0 aliphatic carbocycles. The van der Waals surface area contributed by atoms with Gasteiger partial charge in [0.2, 0.25) is 5.91 Å². The van der Waals surface area contributed by atoms with Gasteiger partial charge in [-0.2, -0.15) is 0 Å². The lowest BCUT2D eigenvalue weighted by molar-refractivity contribution is -0.119. The van der Waals surface area contributed by atoms with Crippen LogP contribution >= 0.6 is 0 Å². The highest BCUT2D eigenvalue weighted by Crippen LogP contribution is 2.26. The van der Waals surface area contributed by atoms with Crippen molar-refractivity contribution in [1.82, 2.24) is 5.32 Å². The standard InChI is InChI=1S/C28H33FN2O5S/c1-4-35-25-15-11-24(12-16-25)31(37(33,34)27-17-9-23(29)10-18-27)20-28(32)30-19-5-6-22-7-13-26(14-8-22)36-21(2)3/h7-18,21H,4-6,19-20H2,1-3H3,(H,30,32). The van der Waals surface area contributed by atoms with Gasteiger partial charge in [0.15, 0.2) is 0 Å². The van der Waals surface area contributed by atoms with Gasteiger partial charge in [-0.15, -0.1) is 0 Å². The number of amides is 1. The van der Waals surface area contributed by atoms with E-state index in [-0.39, 0.29) is 11.0 Å². The fourth-order valence-corrected chi connectivity index (χ4v) is 5.06. The van der Waals surface area contributed by atoms with Crippen molar-refractivity contribution in [3.63, 3.8) is 0 Å². The molecular formula is C28H33FN2O5S. The third-order valence-electron chi connectivity index (χ3n) is 5.38. The number of carbonyl (C=O) groups is 1. The number of carbonyl (C=O) groups excluding carboxylic acids is 1. The number of benzene rings is 3. The second-order valence-corrected chi connectivity index (χ2v) is 10.5. The van der Waals surface area contributed by atoms with Gasteiger partial charge in [0, 0.05) is 6.54 Å². The van der Waals surface area contributed by atoms with Gasteiger partial charge >= 0.3 is 0 Å². The van der Waals surface area contributed by atoms with Crippen molar-refractivity contribution < 1.29 is 27.1 Å². The Hall–Kier alpha value is -3.59. The van der Waals surface area contributed by atoms with Crippen LogP contribution in [0.5, 0.6) is 11.5 Å². The van der Waals surface area contributed by atoms with Gasteiger partial charge in [0.05, 0.1) is 23.3 Å². The number of halogens is 1. The summed E-state index contributed by atoms with van der Waals surface area (Å²) in [5, 5.41) is 2.80. The predicted octanol–water partition coefficient (Wildman–Crippen LogP) is 4.96. The zero-order valence-corrected chi connectivity index (χ0v) is 22.1. The van der Waals surface area contributed by atoms with E-state index in [1.54, 1.807) is 24.3 Å². The lowest BCUT2D eigenvalue weighted by Gasteiger charge is -2.24. The minimum atomic E-state index is -4.12. The highest BCUT2D eigenvalue weighted by Gasteiger charge is 2.27. The van der Waals surface area contributed by atoms with Crippen molar-refractivity contribution in [3.8, 4) is 11.5 Å². The van der Waals surface area contributed by atoms with Crippen LogP contribution in [0, 0.1) is 5.82 Å². The average Bonchev–Trinajstić information content (AvgIpc) is 2.87. The Morgan fingerprint density at radius 1 is 0.946 bits per heavy atom. The molecule has 0 aliphatic heterocycles. The number of ether oxygens (including phenoxy) is 2. The first kappa shape index (κ1) is 28.0. The quantitative estimate of drug-likeness (QED) is 0.317. The van der Waals surface area contributed by atoms with E-state index >= 15 is 0 Å². The molecule has 37 heavy (non-hydrogen) atoms. The molecule has 1 amide bonds. The Kier molecular flexibility index (Phi) is 9.91. The molecule has 198 valence electrons. The first-order chi connectivity index (χ1) is 17.7. The summed E-state index contributed by atoms with van der Waals surface area (Å²) in [7, 11) is -4.12. The molecule has 0 atom stereocenters. The zero-order chi connectivity index (χ0) is 26.8. The highest BCUT2D eigenvalue weighted by atomic mass is 32.2. The van der Waals surface area contributed by atoms with Crippen LogP contribution in [0.3, 0.4) is 0 Å². The number of anilines is 1. The number of nitrogens with zero attached hydrogens (tertiary/aromatic N) is 1. The maximum Gasteiger partial charge on any atom is 0.264 e. The van der Waals surface area contributed by atoms with Crippen molar-refractivity contribution in [2.24, 2.45) is 0 Å². The number of sulfonamides is 1. The van der Waals surface area contributed by atoms with Crippen LogP contribution in [-0.4, -0.2) is 40.1 Å². The topological polar surface area (TPSA) is 84.9 Å². The van der Waals surface area contributed by atoms with Crippen molar-refractivity contribution in [3.05, 3.63) is 84.2 Å². The number of aryl methyl sites for hydroxylation is 1. The first-order valence-corrected chi connectivity index (χ1v) is 13.7. The summed E-state index contributed by atoms with van der Waals surface area (Å²) < 4.78 is 52.3. The highest BCUT2D eigenvalue weighted by molar-refractivity contribution is 7.92. The van der Waals surface area contributed by atoms with Crippen molar-refractivity contribution in [2.75, 3.05) is 24.0 Å². The zero-order valence-electron chi connectivity index (χ0n) is 21.3. The summed E-state index contributed by atoms with van der Waals surface area (Å²) in [6, 6.07) is 18.8. The summed E-state index contributed by atoms with van der Waals surface area (Å²) in [5.74, 6) is 0.397. The predicted molar refractivity (Wildman–Crippen MR) is 142 cm³/mol. The molecule has 0 radical (unpaired) electrons. The lowest BCUT2D eigenvalue weighted by atomic mass is 10.1. The molecular weight excluding hydrogens is 495 g/mol. The molecule has 3 rings (SSSR count). The summed E-state index contributed by atoms with van der Waals surface area (Å²) >= 11 is 0. The number of rotatable bonds is 13. The molecule has 3 aromatic carbocycles. The number of hydrogen-bond acceptors (Lipinski definition) is 5. The van der Waals surface area contributed by atoms with E-state index in [9.17, 15) is 17.6 Å². The monoisotopic (exact) mass is 528 g/mol. The second-order valence-electron chi connectivity index (χ2n) is 8.66. The van der Waals surface area contributed by atoms with E-state index in [2.05, 4.69) is 5.32 Å². The third kappa shape index (κ3) is 8.21. The molecule has 0 fully saturated rings. The van der Waals surface area contributed by atoms with Crippen LogP contribution in [0.15, 0.2) is 77.7 Å². The van der Waals surface area contributed by atoms with Gasteiger partial charge in [0.25, 0.3) is 10.0 Å². The van der Waals surface area contributed by atoms with E-state index < -0.39 is 28.3 Å². The van der Waals surface area contributed by atoms with Gasteiger partial charge in [-0.05, 0) is 99.8 Å². The lowest BCUT2D eigenvalue weighted by Crippen LogP contribution is -2.41. The summed E-state index contributed by atoms with van der Waals surface area (Å²) in [4.78, 5) is 12.7. The molecule has 1 N–H and O–H groups in total. The molecule has 0 saturated carbocycles. The van der Waals surface area contributed by atoms with E-state index in [0.29, 0.717) is 31.0 Å². The Balaban J connectivity index is 1.65. The second kappa shape index (κ2) is 13.1. The summed E-state index contributed by atoms with van der Waals surface area (Å²) in [6.07, 6.45) is 1.54. The van der Waals surface area contributed by atoms with Gasteiger partial charge in [-0.1, -0.05) is 12.1 Å². The fraction of sp³-hybridized carbons (Fsp3) is 0.321. The number of nitrogens with one attached hydrogen (secondary N) is 1. The molecule has 0 aliphatic rings. The number of hydrogen-bond donors (Lipinski definition) is 1. The van der Waals surface area contributed by atoms with E-state index in [1.165, 1.54) is 12.1 Å². The van der Waals surface area contributed by atoms with Crippen molar-refractivity contribution >= 4 is 21.6 Å². The van der Waals surface area contributed by atoms with Crippen LogP contribution in [0.25, 0.3) is 0 Å². The van der Waals surface area contributed by atoms with Crippen molar-refractivity contribution in [1.29, 1.82) is 0 Å². The molecule has 0 unspecified atom stereocenters. The maximum atomic E-state index is 13.4. The molecule has 0 bridgehead atoms. The van der Waals surface area contributed by atoms with E-state index in [0.717, 1.165) is 34.2 Å². The Morgan fingerprint density at radius 3 is 2.16 bits per heavy atom. The fourth-order valence-electron chi connectivity index (χ4n) is 3.64. The smallest absolute Gasteiger partial charge is 0.264 e. The molecule has 9 heteroatoms. The van der Waals surface area contributed by atoms with Crippen LogP contribution in [0.1, 0.15) is 32.8 Å². The first-order valence-electron chi connectivity index (χ1n) is 12.2. The van der Waals surface area contributed by atoms with Crippen LogP contribution in [0.2, 0.25) is 0 Å². The van der Waals surface area contributed by atoms with E-state index in [1.807, 2.05) is 45.0 Å². The molecule has 7 nitrogen and oxygen atoms in total. The van der Waals surface area contributed by atoms with Crippen molar-refractivity contribution in [2.45, 2.75) is 44.6 Å². The van der Waals surface area contributed by atoms with Gasteiger partial charge < -0.3 is 14.8 Å². The van der Waals surface area contributed by atoms with Gasteiger partial charge in [0.1, 0.15) is 23.9 Å². The Morgan fingerprint density at radius 2 is 1.57 bits per heavy atom. The maximum absolute atomic E-state index is 13.4. The third-order valence-corrected chi connectivity index (χ3v) is 7.17. The van der Waals surface area contributed by atoms with Gasteiger partial charge in [-0.3, -0.25) is 9.10 Å². The van der Waals surface area contributed by atoms with Crippen LogP contribution in [-0.2, 0) is 21.2 Å². The summed E-state index contributed by atoms with van der Waals surface area (Å²) in [6.45, 7) is 6.22. The molecule has 0 saturated heterocycles. The minimum absolute atomic E-state index is 0.107. The molecule has 3 aromatic rings. The SMILES string of the molecule is CCOc1ccc(N(CC(=O)NCCCc2ccc(OC(C)C)cc2)S(=O)(=O)c2ccc(F)cc2)cc1. The Labute approximate surface area is 218 Å². The van der Waals surface area contributed by atoms with E-state index in [4.69, 9.17) is 9.47 Å². The largest absolute Gasteiger partial charge is 0.494 e. The Bertz CT molecular complexity index is 1250. The summed E-state index contributed by atoms with van der Waals surface area (Å²) in [5.41, 5.74) is 1.41. The van der Waals surface area contributed by atoms with Crippen LogP contribution < -0.4 is 19.1 Å². The van der Waals surface area contributed by atoms with Gasteiger partial charge in [-0.25, -0.2) is 12.8 Å². The minimum Gasteiger partial charge on any atom is -0.494 e. The molecule has 0 aromatic heterocycles.